The molecule has 0 fully saturated rings. The number of hydrogen-bond donors (Lipinski definition) is 5. The second-order valence-electron chi connectivity index (χ2n) is 15.6. The summed E-state index contributed by atoms with van der Waals surface area (Å²) in [5.41, 5.74) is 8.02. The molecule has 62 heavy (non-hydrogen) atoms. The van der Waals surface area contributed by atoms with Gasteiger partial charge < -0.3 is 40.6 Å². The number of phenols is 2. The zero-order valence-electron chi connectivity index (χ0n) is 34.9. The summed E-state index contributed by atoms with van der Waals surface area (Å²) >= 11 is 0. The maximum atomic E-state index is 14.2. The van der Waals surface area contributed by atoms with Gasteiger partial charge in [-0.1, -0.05) is 58.0 Å². The van der Waals surface area contributed by atoms with Gasteiger partial charge in [0.25, 0.3) is 11.8 Å². The highest BCUT2D eigenvalue weighted by atomic mass is 16.6. The minimum Gasteiger partial charge on any atom is -0.522 e. The second kappa shape index (κ2) is 18.5. The lowest BCUT2D eigenvalue weighted by atomic mass is 9.73. The molecule has 318 valence electrons. The third-order valence-corrected chi connectivity index (χ3v) is 10.2. The normalized spacial score (nSPS) is 12.9. The largest absolute Gasteiger partial charge is 0.618 e. The molecule has 0 saturated carbocycles. The van der Waals surface area contributed by atoms with Crippen LogP contribution in [0.4, 0.5) is 0 Å². The van der Waals surface area contributed by atoms with Crippen molar-refractivity contribution >= 4 is 24.8 Å². The Morgan fingerprint density at radius 3 is 2.26 bits per heavy atom. The fourth-order valence-corrected chi connectivity index (χ4v) is 7.29. The van der Waals surface area contributed by atoms with E-state index < -0.39 is 36.7 Å². The molecule has 17 heteroatoms. The Morgan fingerprint density at radius 2 is 1.56 bits per heavy atom. The lowest BCUT2D eigenvalue weighted by molar-refractivity contribution is -0.123. The summed E-state index contributed by atoms with van der Waals surface area (Å²) in [7, 11) is -0.887. The Balaban J connectivity index is 1.11. The molecule has 0 bridgehead atoms. The summed E-state index contributed by atoms with van der Waals surface area (Å²) in [6.45, 7) is 10.0. The van der Waals surface area contributed by atoms with Gasteiger partial charge in [0.15, 0.2) is 5.82 Å². The highest BCUT2D eigenvalue weighted by molar-refractivity contribution is 6.50. The van der Waals surface area contributed by atoms with E-state index >= 15 is 0 Å². The molecule has 16 nitrogen and oxygen atoms in total. The van der Waals surface area contributed by atoms with E-state index in [1.54, 1.807) is 55.5 Å². The van der Waals surface area contributed by atoms with Crippen molar-refractivity contribution in [3.05, 3.63) is 126 Å². The van der Waals surface area contributed by atoms with Crippen LogP contribution < -0.4 is 30.4 Å². The number of nitrogens with one attached hydrogen (secondary N) is 2. The smallest absolute Gasteiger partial charge is 0.522 e. The van der Waals surface area contributed by atoms with E-state index in [2.05, 4.69) is 30.8 Å². The number of nitrogens with zero attached hydrogens (tertiary/aromatic N) is 5. The van der Waals surface area contributed by atoms with E-state index in [9.17, 15) is 24.6 Å². The number of ether oxygens (including phenoxy) is 1. The molecular formula is C45H47BN8O8. The van der Waals surface area contributed by atoms with Gasteiger partial charge in [0, 0.05) is 36.8 Å². The number of phenolic OH excluding ortho intramolecular Hbond substituents is 2. The summed E-state index contributed by atoms with van der Waals surface area (Å²) < 4.78 is 20.3. The van der Waals surface area contributed by atoms with Crippen LogP contribution in [0.25, 0.3) is 17.1 Å². The zero-order chi connectivity index (χ0) is 44.1. The summed E-state index contributed by atoms with van der Waals surface area (Å²) in [4.78, 5) is 48.3. The molecule has 0 unspecified atom stereocenters. The van der Waals surface area contributed by atoms with Crippen LogP contribution in [0.2, 0.25) is 0 Å². The van der Waals surface area contributed by atoms with Gasteiger partial charge in [0.2, 0.25) is 11.7 Å². The molecule has 0 radical (unpaired) electrons. The quantitative estimate of drug-likeness (QED) is 0.0682. The number of fused-ring (bicyclic) bond motifs is 1. The average Bonchev–Trinajstić information content (AvgIpc) is 3.88. The van der Waals surface area contributed by atoms with Gasteiger partial charge in [-0.25, -0.2) is 4.98 Å². The molecule has 6 aromatic rings. The van der Waals surface area contributed by atoms with E-state index in [4.69, 9.17) is 19.8 Å². The highest BCUT2D eigenvalue weighted by Crippen LogP contribution is 2.41. The Hall–Kier alpha value is -7.43. The molecule has 7 rings (SSSR count). The number of hydrogen-bond acceptors (Lipinski definition) is 12. The van der Waals surface area contributed by atoms with Crippen molar-refractivity contribution in [2.45, 2.75) is 65.2 Å². The van der Waals surface area contributed by atoms with Crippen molar-refractivity contribution in [1.82, 2.24) is 35.4 Å². The molecule has 3 heterocycles. The molecule has 0 spiro atoms. The summed E-state index contributed by atoms with van der Waals surface area (Å²) in [5, 5.41) is 35.7. The van der Waals surface area contributed by atoms with Crippen LogP contribution in [0, 0.1) is 5.92 Å². The van der Waals surface area contributed by atoms with Gasteiger partial charge in [-0.05, 0) is 85.2 Å². The van der Waals surface area contributed by atoms with Gasteiger partial charge in [0.1, 0.15) is 40.2 Å². The molecule has 1 aliphatic rings. The highest BCUT2D eigenvalue weighted by Gasteiger charge is 2.43. The number of rotatable bonds is 16. The number of benzene rings is 4. The molecular weight excluding hydrogens is 791 g/mol. The number of amides is 3. The molecule has 4 aromatic carbocycles. The number of aromatic nitrogens is 5. The van der Waals surface area contributed by atoms with Crippen molar-refractivity contribution in [1.29, 1.82) is 0 Å². The minimum atomic E-state index is -0.896. The van der Waals surface area contributed by atoms with Crippen molar-refractivity contribution in [2.24, 2.45) is 11.7 Å². The van der Waals surface area contributed by atoms with Gasteiger partial charge in [-0.15, -0.1) is 10.2 Å². The first-order valence-corrected chi connectivity index (χ1v) is 20.3. The van der Waals surface area contributed by atoms with Crippen LogP contribution in [-0.4, -0.2) is 72.3 Å². The third-order valence-electron chi connectivity index (χ3n) is 10.2. The maximum absolute atomic E-state index is 14.2. The van der Waals surface area contributed by atoms with Crippen LogP contribution in [-0.2, 0) is 11.2 Å². The Bertz CT molecular complexity index is 2590. The molecule has 6 N–H and O–H groups in total. The van der Waals surface area contributed by atoms with Gasteiger partial charge in [-0.2, -0.15) is 0 Å². The lowest BCUT2D eigenvalue weighted by Crippen LogP contribution is -2.53. The van der Waals surface area contributed by atoms with E-state index in [0.29, 0.717) is 52.8 Å². The molecule has 0 aliphatic carbocycles. The van der Waals surface area contributed by atoms with Gasteiger partial charge in [-0.3, -0.25) is 23.9 Å². The number of aromatic hydroxyl groups is 2. The summed E-state index contributed by atoms with van der Waals surface area (Å²) in [5.74, 6) is -1.36. The first kappa shape index (κ1) is 42.7. The SMILES string of the molecule is CCNC(=O)c1nnc(-c2cc(C(C)C)c(O)cc2O)n1-c1ccc(Oc2ccc3c(c2)OB([C@H](CC(C)C)NC(=O)[C@@H](Cc2ccccc2)c2nccnc2C(N)=O)O3)cc1. The zero-order valence-corrected chi connectivity index (χ0v) is 34.9. The van der Waals surface area contributed by atoms with E-state index in [1.807, 2.05) is 58.0 Å². The van der Waals surface area contributed by atoms with Crippen molar-refractivity contribution in [2.75, 3.05) is 6.54 Å². The monoisotopic (exact) mass is 838 g/mol. The van der Waals surface area contributed by atoms with Gasteiger partial charge >= 0.3 is 7.12 Å². The number of carbonyl (C=O) groups is 3. The minimum absolute atomic E-state index is 0.00208. The van der Waals surface area contributed by atoms with Crippen LogP contribution in [0.3, 0.4) is 0 Å². The molecule has 2 aromatic heterocycles. The second-order valence-corrected chi connectivity index (χ2v) is 15.6. The fraction of sp³-hybridized carbons (Fsp3) is 0.267. The first-order valence-electron chi connectivity index (χ1n) is 20.3. The van der Waals surface area contributed by atoms with Crippen molar-refractivity contribution in [3.63, 3.8) is 0 Å². The number of primary amides is 1. The van der Waals surface area contributed by atoms with Crippen LogP contribution in [0.1, 0.15) is 90.8 Å². The standard InChI is InChI=1S/C45H47BN8O8/c1-6-48-45(59)43-53-52-42(32-23-31(26(4)5)34(55)24-35(32)56)54(43)28-12-14-29(15-13-28)60-30-16-17-36-37(22-30)62-46(61-36)38(20-25(2)3)51-44(58)33(21-27-10-8-7-9-11-27)39-40(41(47)57)50-19-18-49-39/h7-19,22-26,33,38,55-56H,6,20-21H2,1-5H3,(H2,47,57)(H,48,59)(H,51,58)/t33-,38-/m0/s1. The summed E-state index contributed by atoms with van der Waals surface area (Å²) in [6, 6.07) is 24.3. The molecule has 1 aliphatic heterocycles. The van der Waals surface area contributed by atoms with Crippen molar-refractivity contribution in [3.8, 4) is 51.6 Å². The Kier molecular flexibility index (Phi) is 12.7. The predicted octanol–water partition coefficient (Wildman–Crippen LogP) is 6.26. The molecule has 3 amide bonds. The van der Waals surface area contributed by atoms with Crippen LogP contribution in [0.5, 0.6) is 34.5 Å². The average molecular weight is 839 g/mol. The van der Waals surface area contributed by atoms with Crippen molar-refractivity contribution < 1.29 is 38.6 Å². The number of nitrogens with two attached hydrogens (primary N) is 1. The van der Waals surface area contributed by atoms with E-state index in [1.165, 1.54) is 23.0 Å². The van der Waals surface area contributed by atoms with E-state index in [-0.39, 0.29) is 52.8 Å². The lowest BCUT2D eigenvalue weighted by Gasteiger charge is -2.25. The topological polar surface area (TPSA) is 226 Å². The first-order chi connectivity index (χ1) is 29.8. The number of carbonyl (C=O) groups excluding carboxylic acids is 3. The Labute approximate surface area is 358 Å². The maximum Gasteiger partial charge on any atom is 0.618 e. The predicted molar refractivity (Wildman–Crippen MR) is 231 cm³/mol. The van der Waals surface area contributed by atoms with E-state index in [0.717, 1.165) is 5.56 Å². The van der Waals surface area contributed by atoms with Crippen LogP contribution >= 0.6 is 0 Å². The molecule has 0 saturated heterocycles. The third kappa shape index (κ3) is 9.31. The molecule has 2 atom stereocenters. The Morgan fingerprint density at radius 1 is 0.855 bits per heavy atom. The van der Waals surface area contributed by atoms with Gasteiger partial charge in [0.05, 0.1) is 23.1 Å². The van der Waals surface area contributed by atoms with Crippen LogP contribution in [0.15, 0.2) is 97.3 Å². The fourth-order valence-electron chi connectivity index (χ4n) is 7.29. The summed E-state index contributed by atoms with van der Waals surface area (Å²) in [6.07, 6.45) is 3.54.